The second kappa shape index (κ2) is 29.1. The van der Waals surface area contributed by atoms with Gasteiger partial charge in [-0.25, -0.2) is 9.37 Å². The fourth-order valence-electron chi connectivity index (χ4n) is 9.82. The molecule has 6 amide bonds. The molecule has 2 aliphatic rings. The molecule has 2 fully saturated rings. The predicted octanol–water partition coefficient (Wildman–Crippen LogP) is 7.03. The summed E-state index contributed by atoms with van der Waals surface area (Å²) in [5.41, 5.74) is 10.7. The van der Waals surface area contributed by atoms with Gasteiger partial charge < -0.3 is 60.4 Å². The Morgan fingerprint density at radius 3 is 2.13 bits per heavy atom. The van der Waals surface area contributed by atoms with Crippen molar-refractivity contribution in [2.75, 3.05) is 70.3 Å². The van der Waals surface area contributed by atoms with Crippen LogP contribution in [-0.4, -0.2) is 160 Å². The minimum Gasteiger partial charge on any atom is -0.482 e. The van der Waals surface area contributed by atoms with Gasteiger partial charge in [0.2, 0.25) is 23.6 Å². The van der Waals surface area contributed by atoms with Gasteiger partial charge in [0, 0.05) is 79.0 Å². The van der Waals surface area contributed by atoms with Gasteiger partial charge in [-0.15, -0.1) is 21.5 Å². The lowest BCUT2D eigenvalue weighted by Crippen LogP contribution is -2.59. The van der Waals surface area contributed by atoms with E-state index in [0.717, 1.165) is 27.8 Å². The number of aliphatic hydroxyl groups is 1. The number of amides is 6. The summed E-state index contributed by atoms with van der Waals surface area (Å²) >= 11 is 14.0. The molecule has 0 radical (unpaired) electrons. The van der Waals surface area contributed by atoms with Gasteiger partial charge in [0.25, 0.3) is 11.8 Å². The third kappa shape index (κ3) is 16.9. The maximum atomic E-state index is 14.2. The molecular weight excluding hydrogens is 1130 g/mol. The van der Waals surface area contributed by atoms with Crippen molar-refractivity contribution < 1.29 is 57.2 Å². The highest BCUT2D eigenvalue weighted by Crippen LogP contribution is 2.36. The first kappa shape index (κ1) is 63.7. The summed E-state index contributed by atoms with van der Waals surface area (Å²) in [6.07, 6.45) is -1.57. The van der Waals surface area contributed by atoms with E-state index in [1.54, 1.807) is 57.8 Å². The second-order valence-corrected chi connectivity index (χ2v) is 23.2. The standard InChI is InChI=1S/C58H71Cl2FN10O11S/c1-33-29-69(56(77)39-12-14-40(15-13-39)65-54(75)44-27-46(53(62)68-67-44)82-36(4)49-42(59)16-17-43(61)50(49)60)30-34(2)71(33)48(74)19-21-80-23-25-81-24-22-79-20-18-47(73)66-52(58(5,6)7)57(78)70-31-41(72)26-45(70)55(76)63-28-37-8-10-38(11-9-37)51-35(3)64-32-83-51/h8-17,27,32-34,36,41,45,52,72H,18-26,28-31H2,1-7H3,(H2,62,68)(H,63,76)(H,65,75)(H,66,73)/t33-,34+,36-,41-,45+,52-/m1/s1. The number of benzene rings is 3. The number of ether oxygens (including phenoxy) is 4. The van der Waals surface area contributed by atoms with Crippen molar-refractivity contribution in [3.8, 4) is 16.2 Å². The van der Waals surface area contributed by atoms with Crippen LogP contribution in [0.4, 0.5) is 15.9 Å². The van der Waals surface area contributed by atoms with Gasteiger partial charge in [-0.3, -0.25) is 28.8 Å². The third-order valence-corrected chi connectivity index (χ3v) is 15.8. The molecule has 2 saturated heterocycles. The molecule has 7 rings (SSSR count). The van der Waals surface area contributed by atoms with Crippen molar-refractivity contribution in [2.45, 2.75) is 111 Å². The van der Waals surface area contributed by atoms with E-state index in [0.29, 0.717) is 24.3 Å². The van der Waals surface area contributed by atoms with Crippen LogP contribution in [0.15, 0.2) is 72.2 Å². The number of nitrogens with one attached hydrogen (secondary N) is 3. The first-order chi connectivity index (χ1) is 39.5. The molecule has 0 unspecified atom stereocenters. The Kier molecular flexibility index (Phi) is 22.3. The number of hydrogen-bond donors (Lipinski definition) is 5. The Hall–Kier alpha value is -6.86. The number of carbonyl (C=O) groups excluding carboxylic acids is 6. The van der Waals surface area contributed by atoms with E-state index in [9.17, 15) is 38.3 Å². The number of halogens is 3. The van der Waals surface area contributed by atoms with Crippen LogP contribution >= 0.6 is 34.5 Å². The maximum Gasteiger partial charge on any atom is 0.276 e. The predicted molar refractivity (Wildman–Crippen MR) is 311 cm³/mol. The molecule has 446 valence electrons. The Morgan fingerprint density at radius 1 is 0.867 bits per heavy atom. The van der Waals surface area contributed by atoms with Gasteiger partial charge in [-0.2, -0.15) is 0 Å². The fraction of sp³-hybridized carbons (Fsp3) is 0.466. The van der Waals surface area contributed by atoms with E-state index in [1.807, 2.05) is 65.8 Å². The molecule has 5 aromatic rings. The zero-order chi connectivity index (χ0) is 60.1. The molecule has 2 aromatic heterocycles. The lowest BCUT2D eigenvalue weighted by atomic mass is 9.85. The van der Waals surface area contributed by atoms with E-state index in [4.69, 9.17) is 47.9 Å². The Balaban J connectivity index is 0.752. The van der Waals surface area contributed by atoms with Crippen LogP contribution in [0, 0.1) is 18.2 Å². The summed E-state index contributed by atoms with van der Waals surface area (Å²) in [6.45, 7) is 14.8. The number of likely N-dealkylation sites (tertiary alicyclic amines) is 1. The summed E-state index contributed by atoms with van der Waals surface area (Å²) in [5, 5.41) is 26.7. The van der Waals surface area contributed by atoms with Crippen LogP contribution in [0.2, 0.25) is 10.0 Å². The van der Waals surface area contributed by atoms with Crippen molar-refractivity contribution >= 4 is 81.5 Å². The summed E-state index contributed by atoms with van der Waals surface area (Å²) < 4.78 is 37.0. The van der Waals surface area contributed by atoms with Crippen molar-refractivity contribution in [1.29, 1.82) is 0 Å². The van der Waals surface area contributed by atoms with Crippen molar-refractivity contribution in [3.05, 3.63) is 116 Å². The monoisotopic (exact) mass is 1200 g/mol. The normalized spacial score (nSPS) is 17.9. The molecule has 0 aliphatic carbocycles. The number of aromatic nitrogens is 3. The SMILES string of the molecule is Cc1ncsc1-c1ccc(CNC(=O)[C@@H]2C[C@@H](O)CN2C(=O)[C@@H](NC(=O)CCOCCOCCOCCC(=O)N2[C@H](C)CN(C(=O)c3ccc(NC(=O)c4cc(O[C@H](C)c5c(Cl)ccc(F)c5Cl)c(N)nn4)cc3)C[C@@H]2C)C(C)(C)C)cc1. The van der Waals surface area contributed by atoms with Crippen LogP contribution in [0.1, 0.15) is 105 Å². The number of β-amino-alcohol motifs (C(OH)–C–C–N with tert-alkyl or cyclic N) is 1. The molecular formula is C58H71Cl2FN10O11S. The summed E-state index contributed by atoms with van der Waals surface area (Å²) in [5.74, 6) is -3.03. The van der Waals surface area contributed by atoms with E-state index < -0.39 is 53.2 Å². The number of nitrogens with zero attached hydrogens (tertiary/aromatic N) is 6. The molecule has 6 atom stereocenters. The molecule has 0 bridgehead atoms. The minimum atomic E-state index is -0.970. The average Bonchev–Trinajstić information content (AvgIpc) is 4.23. The summed E-state index contributed by atoms with van der Waals surface area (Å²) in [4.78, 5) is 91.0. The molecule has 4 heterocycles. The maximum absolute atomic E-state index is 14.2. The lowest BCUT2D eigenvalue weighted by Gasteiger charge is -2.44. The molecule has 0 spiro atoms. The molecule has 0 saturated carbocycles. The number of thiazole rings is 1. The first-order valence-corrected chi connectivity index (χ1v) is 28.9. The molecule has 2 aliphatic heterocycles. The van der Waals surface area contributed by atoms with Crippen LogP contribution < -0.4 is 26.4 Å². The van der Waals surface area contributed by atoms with Gasteiger partial charge in [0.15, 0.2) is 17.3 Å². The minimum absolute atomic E-state index is 0.00169. The Morgan fingerprint density at radius 2 is 1.51 bits per heavy atom. The number of carbonyl (C=O) groups is 6. The fourth-order valence-corrected chi connectivity index (χ4v) is 11.3. The van der Waals surface area contributed by atoms with Crippen LogP contribution in [-0.2, 0) is 39.9 Å². The Bertz CT molecular complexity index is 3080. The van der Waals surface area contributed by atoms with Crippen LogP contribution in [0.25, 0.3) is 10.4 Å². The van der Waals surface area contributed by atoms with E-state index >= 15 is 0 Å². The van der Waals surface area contributed by atoms with Crippen molar-refractivity contribution in [3.63, 3.8) is 0 Å². The number of hydrogen-bond acceptors (Lipinski definition) is 16. The summed E-state index contributed by atoms with van der Waals surface area (Å²) in [6, 6.07) is 15.5. The highest BCUT2D eigenvalue weighted by atomic mass is 35.5. The zero-order valence-electron chi connectivity index (χ0n) is 47.4. The number of piperazine rings is 1. The molecule has 3 aromatic carbocycles. The highest BCUT2D eigenvalue weighted by molar-refractivity contribution is 7.13. The van der Waals surface area contributed by atoms with E-state index in [2.05, 4.69) is 31.1 Å². The van der Waals surface area contributed by atoms with Crippen molar-refractivity contribution in [1.82, 2.24) is 40.5 Å². The Labute approximate surface area is 495 Å². The lowest BCUT2D eigenvalue weighted by molar-refractivity contribution is -0.144. The molecule has 21 nitrogen and oxygen atoms in total. The first-order valence-electron chi connectivity index (χ1n) is 27.2. The quantitative estimate of drug-likeness (QED) is 0.0307. The van der Waals surface area contributed by atoms with E-state index in [-0.39, 0.29) is 135 Å². The number of rotatable bonds is 24. The number of aryl methyl sites for hydroxylation is 1. The van der Waals surface area contributed by atoms with Crippen LogP contribution in [0.5, 0.6) is 5.75 Å². The van der Waals surface area contributed by atoms with Gasteiger partial charge in [-0.05, 0) is 80.6 Å². The average molecular weight is 1210 g/mol. The zero-order valence-corrected chi connectivity index (χ0v) is 49.7. The van der Waals surface area contributed by atoms with Crippen molar-refractivity contribution in [2.24, 2.45) is 5.41 Å². The second-order valence-electron chi connectivity index (χ2n) is 21.5. The molecule has 25 heteroatoms. The molecule has 83 heavy (non-hydrogen) atoms. The summed E-state index contributed by atoms with van der Waals surface area (Å²) in [7, 11) is 0. The van der Waals surface area contributed by atoms with Gasteiger partial charge >= 0.3 is 0 Å². The molecule has 6 N–H and O–H groups in total. The largest absolute Gasteiger partial charge is 0.482 e. The van der Waals surface area contributed by atoms with Gasteiger partial charge in [0.05, 0.1) is 73.3 Å². The van der Waals surface area contributed by atoms with E-state index in [1.165, 1.54) is 17.0 Å². The number of nitrogens with two attached hydrogens (primary N) is 1. The number of anilines is 2. The number of aliphatic hydroxyl groups excluding tert-OH is 1. The topological polar surface area (TPSA) is 270 Å². The van der Waals surface area contributed by atoms with Crippen LogP contribution in [0.3, 0.4) is 0 Å². The highest BCUT2D eigenvalue weighted by Gasteiger charge is 2.44. The van der Waals surface area contributed by atoms with Gasteiger partial charge in [0.1, 0.15) is 24.0 Å². The van der Waals surface area contributed by atoms with Gasteiger partial charge in [-0.1, -0.05) is 68.2 Å². The number of nitrogen functional groups attached to an aromatic ring is 1. The third-order valence-electron chi connectivity index (χ3n) is 14.1. The smallest absolute Gasteiger partial charge is 0.276 e.